The Morgan fingerprint density at radius 2 is 2.46 bits per heavy atom. The molecule has 0 saturated heterocycles. The normalized spacial score (nSPS) is 38.9. The van der Waals surface area contributed by atoms with Crippen LogP contribution in [0.1, 0.15) is 33.1 Å². The van der Waals surface area contributed by atoms with Gasteiger partial charge < -0.3 is 4.79 Å². The van der Waals surface area contributed by atoms with Crippen molar-refractivity contribution in [3.63, 3.8) is 0 Å². The summed E-state index contributed by atoms with van der Waals surface area (Å²) in [5, 5.41) is 0. The van der Waals surface area contributed by atoms with E-state index < -0.39 is 0 Å². The molecular formula is C12H18O. The third kappa shape index (κ3) is 1.34. The molecule has 1 heteroatoms. The summed E-state index contributed by atoms with van der Waals surface area (Å²) < 4.78 is 0. The van der Waals surface area contributed by atoms with E-state index in [0.29, 0.717) is 12.3 Å². The number of carbonyl (C=O) groups excluding carboxylic acids is 1. The van der Waals surface area contributed by atoms with Gasteiger partial charge in [0.15, 0.2) is 0 Å². The van der Waals surface area contributed by atoms with Crippen LogP contribution in [0.15, 0.2) is 11.6 Å². The van der Waals surface area contributed by atoms with Crippen LogP contribution in [0, 0.1) is 23.7 Å². The molecule has 0 radical (unpaired) electrons. The van der Waals surface area contributed by atoms with E-state index in [9.17, 15) is 4.79 Å². The van der Waals surface area contributed by atoms with E-state index in [1.807, 2.05) is 0 Å². The van der Waals surface area contributed by atoms with Gasteiger partial charge in [0.1, 0.15) is 6.29 Å². The minimum absolute atomic E-state index is 0.492. The van der Waals surface area contributed by atoms with Gasteiger partial charge in [-0.15, -0.1) is 0 Å². The highest BCUT2D eigenvalue weighted by Gasteiger charge is 2.42. The highest BCUT2D eigenvalue weighted by molar-refractivity contribution is 5.51. The Labute approximate surface area is 80.2 Å². The Morgan fingerprint density at radius 3 is 3.00 bits per heavy atom. The molecule has 1 nitrogen and oxygen atoms in total. The van der Waals surface area contributed by atoms with Crippen LogP contribution in [0.5, 0.6) is 0 Å². The average molecular weight is 178 g/mol. The summed E-state index contributed by atoms with van der Waals surface area (Å²) in [4.78, 5) is 10.4. The SMILES string of the molecule is CC(CC=O)C1=CCC2CC1C2C. The van der Waals surface area contributed by atoms with E-state index in [1.54, 1.807) is 5.57 Å². The first-order chi connectivity index (χ1) is 6.24. The fourth-order valence-corrected chi connectivity index (χ4v) is 2.92. The van der Waals surface area contributed by atoms with Crippen LogP contribution in [-0.4, -0.2) is 6.29 Å². The average Bonchev–Trinajstić information content (AvgIpc) is 2.17. The van der Waals surface area contributed by atoms with Crippen molar-refractivity contribution in [2.45, 2.75) is 33.1 Å². The molecule has 2 bridgehead atoms. The number of rotatable bonds is 3. The second-order valence-electron chi connectivity index (χ2n) is 4.70. The molecule has 0 aromatic rings. The second kappa shape index (κ2) is 3.28. The molecule has 0 amide bonds. The minimum atomic E-state index is 0.492. The van der Waals surface area contributed by atoms with Gasteiger partial charge >= 0.3 is 0 Å². The highest BCUT2D eigenvalue weighted by atomic mass is 16.1. The number of aldehydes is 1. The van der Waals surface area contributed by atoms with Crippen LogP contribution in [-0.2, 0) is 4.79 Å². The lowest BCUT2D eigenvalue weighted by Crippen LogP contribution is -2.40. The molecule has 0 aromatic heterocycles. The fourth-order valence-electron chi connectivity index (χ4n) is 2.92. The van der Waals surface area contributed by atoms with Gasteiger partial charge in [0.25, 0.3) is 0 Å². The topological polar surface area (TPSA) is 17.1 Å². The van der Waals surface area contributed by atoms with Crippen LogP contribution in [0.4, 0.5) is 0 Å². The van der Waals surface area contributed by atoms with Crippen molar-refractivity contribution in [1.82, 2.24) is 0 Å². The third-order valence-electron chi connectivity index (χ3n) is 4.04. The van der Waals surface area contributed by atoms with E-state index in [0.717, 1.165) is 24.0 Å². The summed E-state index contributed by atoms with van der Waals surface area (Å²) in [5.74, 6) is 3.14. The van der Waals surface area contributed by atoms with Crippen LogP contribution in [0.2, 0.25) is 0 Å². The first-order valence-corrected chi connectivity index (χ1v) is 5.37. The molecule has 0 heterocycles. The molecule has 0 aliphatic heterocycles. The summed E-state index contributed by atoms with van der Waals surface area (Å²) in [5.41, 5.74) is 1.57. The molecule has 4 unspecified atom stereocenters. The molecule has 72 valence electrons. The van der Waals surface area contributed by atoms with E-state index in [4.69, 9.17) is 0 Å². The van der Waals surface area contributed by atoms with Gasteiger partial charge in [-0.05, 0) is 36.5 Å². The summed E-state index contributed by atoms with van der Waals surface area (Å²) in [6.45, 7) is 4.55. The molecule has 13 heavy (non-hydrogen) atoms. The highest BCUT2D eigenvalue weighted by Crippen LogP contribution is 2.52. The summed E-state index contributed by atoms with van der Waals surface area (Å²) in [6, 6.07) is 0. The van der Waals surface area contributed by atoms with Gasteiger partial charge in [0.05, 0.1) is 0 Å². The lowest BCUT2D eigenvalue weighted by atomic mass is 9.56. The standard InChI is InChI=1S/C12H18O/c1-8(5-6-13)11-4-3-10-7-12(11)9(10)2/h4,6,8-10,12H,3,5,7H2,1-2H3. The van der Waals surface area contributed by atoms with Gasteiger partial charge in [0.2, 0.25) is 0 Å². The number of fused-ring (bicyclic) bond motifs is 1. The molecule has 3 rings (SSSR count). The minimum Gasteiger partial charge on any atom is -0.303 e. The molecule has 0 N–H and O–H groups in total. The fraction of sp³-hybridized carbons (Fsp3) is 0.750. The maximum absolute atomic E-state index is 10.4. The molecule has 3 aliphatic rings. The second-order valence-corrected chi connectivity index (χ2v) is 4.70. The molecule has 4 atom stereocenters. The zero-order valence-electron chi connectivity index (χ0n) is 8.49. The molecular weight excluding hydrogens is 160 g/mol. The van der Waals surface area contributed by atoms with E-state index in [-0.39, 0.29) is 0 Å². The third-order valence-corrected chi connectivity index (χ3v) is 4.04. The van der Waals surface area contributed by atoms with Gasteiger partial charge in [-0.3, -0.25) is 0 Å². The molecule has 3 aliphatic carbocycles. The van der Waals surface area contributed by atoms with Crippen LogP contribution < -0.4 is 0 Å². The number of hydrogen-bond donors (Lipinski definition) is 0. The zero-order valence-corrected chi connectivity index (χ0v) is 8.49. The van der Waals surface area contributed by atoms with Crippen molar-refractivity contribution in [2.75, 3.05) is 0 Å². The zero-order chi connectivity index (χ0) is 9.42. The Bertz CT molecular complexity index is 242. The largest absolute Gasteiger partial charge is 0.303 e. The smallest absolute Gasteiger partial charge is 0.120 e. The predicted octanol–water partition coefficient (Wildman–Crippen LogP) is 2.81. The first kappa shape index (κ1) is 8.98. The van der Waals surface area contributed by atoms with Gasteiger partial charge in [0, 0.05) is 6.42 Å². The Kier molecular flexibility index (Phi) is 2.27. The molecule has 0 spiro atoms. The van der Waals surface area contributed by atoms with E-state index in [2.05, 4.69) is 19.9 Å². The van der Waals surface area contributed by atoms with Gasteiger partial charge in [-0.2, -0.15) is 0 Å². The number of allylic oxidation sites excluding steroid dienone is 2. The quantitative estimate of drug-likeness (QED) is 0.480. The van der Waals surface area contributed by atoms with Crippen LogP contribution >= 0.6 is 0 Å². The summed E-state index contributed by atoms with van der Waals surface area (Å²) in [6.07, 6.45) is 6.81. The van der Waals surface area contributed by atoms with Crippen molar-refractivity contribution in [2.24, 2.45) is 23.7 Å². The summed E-state index contributed by atoms with van der Waals surface area (Å²) >= 11 is 0. The van der Waals surface area contributed by atoms with Gasteiger partial charge in [-0.25, -0.2) is 0 Å². The lowest BCUT2D eigenvalue weighted by molar-refractivity contribution is -0.108. The summed E-state index contributed by atoms with van der Waals surface area (Å²) in [7, 11) is 0. The maximum atomic E-state index is 10.4. The molecule has 0 aromatic carbocycles. The van der Waals surface area contributed by atoms with Crippen LogP contribution in [0.25, 0.3) is 0 Å². The lowest BCUT2D eigenvalue weighted by Gasteiger charge is -2.49. The van der Waals surface area contributed by atoms with E-state index in [1.165, 1.54) is 12.8 Å². The molecule has 1 saturated carbocycles. The Balaban J connectivity index is 2.06. The Hall–Kier alpha value is -0.590. The first-order valence-electron chi connectivity index (χ1n) is 5.37. The van der Waals surface area contributed by atoms with Crippen molar-refractivity contribution in [3.8, 4) is 0 Å². The van der Waals surface area contributed by atoms with Crippen LogP contribution in [0.3, 0.4) is 0 Å². The number of carbonyl (C=O) groups is 1. The predicted molar refractivity (Wildman–Crippen MR) is 53.3 cm³/mol. The van der Waals surface area contributed by atoms with Crippen molar-refractivity contribution in [3.05, 3.63) is 11.6 Å². The van der Waals surface area contributed by atoms with Gasteiger partial charge in [-0.1, -0.05) is 25.5 Å². The maximum Gasteiger partial charge on any atom is 0.120 e. The van der Waals surface area contributed by atoms with Crippen molar-refractivity contribution >= 4 is 6.29 Å². The Morgan fingerprint density at radius 1 is 1.69 bits per heavy atom. The van der Waals surface area contributed by atoms with E-state index >= 15 is 0 Å². The number of hydrogen-bond acceptors (Lipinski definition) is 1. The van der Waals surface area contributed by atoms with Crippen molar-refractivity contribution < 1.29 is 4.79 Å². The van der Waals surface area contributed by atoms with Crippen molar-refractivity contribution in [1.29, 1.82) is 0 Å². The molecule has 1 fully saturated rings. The monoisotopic (exact) mass is 178 g/mol.